The van der Waals surface area contributed by atoms with Crippen LogP contribution in [0, 0.1) is 18.3 Å². The Kier molecular flexibility index (Phi) is 4.74. The van der Waals surface area contributed by atoms with Gasteiger partial charge in [0.15, 0.2) is 0 Å². The van der Waals surface area contributed by atoms with Crippen molar-refractivity contribution in [2.45, 2.75) is 42.4 Å². The Hall–Kier alpha value is -1.03. The Morgan fingerprint density at radius 1 is 1.40 bits per heavy atom. The Morgan fingerprint density at radius 2 is 2.15 bits per heavy atom. The van der Waals surface area contributed by atoms with Gasteiger partial charge in [0.05, 0.1) is 16.5 Å². The molecule has 1 aromatic rings. The fourth-order valence-corrected chi connectivity index (χ4v) is 4.87. The van der Waals surface area contributed by atoms with Crippen LogP contribution in [0.2, 0.25) is 0 Å². The average Bonchev–Trinajstić information content (AvgIpc) is 2.85. The van der Waals surface area contributed by atoms with E-state index < -0.39 is 10.0 Å². The minimum Gasteiger partial charge on any atom is -0.208 e. The number of aryl methyl sites for hydroxylation is 1. The number of hydrogen-bond donors (Lipinski definition) is 1. The maximum Gasteiger partial charge on any atom is 0.241 e. The highest BCUT2D eigenvalue weighted by Crippen LogP contribution is 2.29. The lowest BCUT2D eigenvalue weighted by atomic mass is 10.2. The number of thioether (sulfide) groups is 1. The van der Waals surface area contributed by atoms with Crippen LogP contribution in [-0.2, 0) is 10.0 Å². The number of hydrogen-bond acceptors (Lipinski definition) is 4. The summed E-state index contributed by atoms with van der Waals surface area (Å²) in [6, 6.07) is 6.69. The fraction of sp³-hybridized carbons (Fsp3) is 0.500. The van der Waals surface area contributed by atoms with E-state index in [9.17, 15) is 8.42 Å². The van der Waals surface area contributed by atoms with Crippen LogP contribution in [0.1, 0.15) is 30.4 Å². The molecule has 0 spiro atoms. The molecule has 20 heavy (non-hydrogen) atoms. The van der Waals surface area contributed by atoms with Gasteiger partial charge >= 0.3 is 0 Å². The first-order chi connectivity index (χ1) is 9.46. The zero-order valence-electron chi connectivity index (χ0n) is 11.6. The van der Waals surface area contributed by atoms with Crippen molar-refractivity contribution >= 4 is 21.8 Å². The molecular formula is C14H18N2O2S2. The molecule has 0 amide bonds. The molecule has 4 nitrogen and oxygen atoms in total. The SMILES string of the molecule is CSC1CCC(NS(=O)(=O)c2ccc(C#N)cc2C)C1. The molecule has 0 aromatic heterocycles. The molecule has 0 heterocycles. The number of sulfonamides is 1. The van der Waals surface area contributed by atoms with Crippen LogP contribution in [0.4, 0.5) is 0 Å². The van der Waals surface area contributed by atoms with Gasteiger partial charge in [-0.05, 0) is 56.2 Å². The van der Waals surface area contributed by atoms with Crippen molar-refractivity contribution in [1.82, 2.24) is 4.72 Å². The van der Waals surface area contributed by atoms with Crippen molar-refractivity contribution in [3.05, 3.63) is 29.3 Å². The minimum atomic E-state index is -3.50. The summed E-state index contributed by atoms with van der Waals surface area (Å²) in [6.07, 6.45) is 4.89. The second-order valence-corrected chi connectivity index (χ2v) is 7.90. The van der Waals surface area contributed by atoms with Gasteiger partial charge in [-0.3, -0.25) is 0 Å². The summed E-state index contributed by atoms with van der Waals surface area (Å²) in [7, 11) is -3.50. The van der Waals surface area contributed by atoms with E-state index in [2.05, 4.69) is 11.0 Å². The molecule has 2 unspecified atom stereocenters. The van der Waals surface area contributed by atoms with E-state index in [0.717, 1.165) is 19.3 Å². The van der Waals surface area contributed by atoms with Gasteiger partial charge in [0.25, 0.3) is 0 Å². The molecule has 1 saturated carbocycles. The maximum atomic E-state index is 12.4. The molecule has 2 rings (SSSR count). The summed E-state index contributed by atoms with van der Waals surface area (Å²) in [5.41, 5.74) is 1.08. The van der Waals surface area contributed by atoms with Gasteiger partial charge in [-0.25, -0.2) is 13.1 Å². The van der Waals surface area contributed by atoms with Gasteiger partial charge in [-0.15, -0.1) is 0 Å². The molecular weight excluding hydrogens is 292 g/mol. The van der Waals surface area contributed by atoms with Gasteiger partial charge < -0.3 is 0 Å². The average molecular weight is 310 g/mol. The van der Waals surface area contributed by atoms with Crippen molar-refractivity contribution in [3.8, 4) is 6.07 Å². The number of nitrogens with zero attached hydrogens (tertiary/aromatic N) is 1. The van der Waals surface area contributed by atoms with Crippen LogP contribution in [0.25, 0.3) is 0 Å². The lowest BCUT2D eigenvalue weighted by Crippen LogP contribution is -2.33. The minimum absolute atomic E-state index is 0.0208. The summed E-state index contributed by atoms with van der Waals surface area (Å²) in [5.74, 6) is 0. The lowest BCUT2D eigenvalue weighted by Gasteiger charge is -2.14. The van der Waals surface area contributed by atoms with Crippen molar-refractivity contribution in [2.24, 2.45) is 0 Å². The van der Waals surface area contributed by atoms with Crippen LogP contribution >= 0.6 is 11.8 Å². The Bertz CT molecular complexity index is 635. The summed E-state index contributed by atoms with van der Waals surface area (Å²) < 4.78 is 27.6. The van der Waals surface area contributed by atoms with E-state index in [0.29, 0.717) is 16.4 Å². The number of benzene rings is 1. The second-order valence-electron chi connectivity index (χ2n) is 5.08. The van der Waals surface area contributed by atoms with Gasteiger partial charge in [-0.2, -0.15) is 17.0 Å². The fourth-order valence-electron chi connectivity index (χ4n) is 2.56. The molecule has 0 radical (unpaired) electrons. The summed E-state index contributed by atoms with van der Waals surface area (Å²) in [4.78, 5) is 0.268. The number of nitrogens with one attached hydrogen (secondary N) is 1. The predicted octanol–water partition coefficient (Wildman–Crippen LogP) is 2.43. The quantitative estimate of drug-likeness (QED) is 0.927. The highest BCUT2D eigenvalue weighted by molar-refractivity contribution is 7.99. The van der Waals surface area contributed by atoms with Crippen LogP contribution in [-0.4, -0.2) is 26.0 Å². The first-order valence-corrected chi connectivity index (χ1v) is 9.29. The maximum absolute atomic E-state index is 12.4. The monoisotopic (exact) mass is 310 g/mol. The first-order valence-electron chi connectivity index (χ1n) is 6.52. The van der Waals surface area contributed by atoms with Crippen LogP contribution < -0.4 is 4.72 Å². The molecule has 1 N–H and O–H groups in total. The number of nitriles is 1. The van der Waals surface area contributed by atoms with E-state index >= 15 is 0 Å². The van der Waals surface area contributed by atoms with Crippen LogP contribution in [0.5, 0.6) is 0 Å². The zero-order valence-corrected chi connectivity index (χ0v) is 13.2. The van der Waals surface area contributed by atoms with Crippen LogP contribution in [0.15, 0.2) is 23.1 Å². The van der Waals surface area contributed by atoms with Crippen LogP contribution in [0.3, 0.4) is 0 Å². The molecule has 1 aliphatic rings. The number of rotatable bonds is 4. The van der Waals surface area contributed by atoms with E-state index in [4.69, 9.17) is 5.26 Å². The van der Waals surface area contributed by atoms with Gasteiger partial charge in [0, 0.05) is 11.3 Å². The molecule has 0 bridgehead atoms. The molecule has 0 aliphatic heterocycles. The lowest BCUT2D eigenvalue weighted by molar-refractivity contribution is 0.552. The third kappa shape index (κ3) is 3.35. The second kappa shape index (κ2) is 6.17. The Morgan fingerprint density at radius 3 is 2.70 bits per heavy atom. The molecule has 1 aliphatic carbocycles. The van der Waals surface area contributed by atoms with Gasteiger partial charge in [0.1, 0.15) is 0 Å². The van der Waals surface area contributed by atoms with Crippen molar-refractivity contribution in [3.63, 3.8) is 0 Å². The molecule has 0 saturated heterocycles. The smallest absolute Gasteiger partial charge is 0.208 e. The Labute approximate surface area is 124 Å². The third-order valence-electron chi connectivity index (χ3n) is 3.63. The zero-order chi connectivity index (χ0) is 14.8. The standard InChI is InChI=1S/C14H18N2O2S2/c1-10-7-11(9-15)3-6-14(10)20(17,18)16-12-4-5-13(8-12)19-2/h3,6-7,12-13,16H,4-5,8H2,1-2H3. The van der Waals surface area contributed by atoms with Crippen molar-refractivity contribution in [2.75, 3.05) is 6.26 Å². The normalized spacial score (nSPS) is 22.6. The van der Waals surface area contributed by atoms with E-state index in [-0.39, 0.29) is 10.9 Å². The molecule has 1 fully saturated rings. The van der Waals surface area contributed by atoms with Gasteiger partial charge in [0.2, 0.25) is 10.0 Å². The van der Waals surface area contributed by atoms with E-state index in [1.54, 1.807) is 30.8 Å². The highest BCUT2D eigenvalue weighted by Gasteiger charge is 2.28. The molecule has 2 atom stereocenters. The highest BCUT2D eigenvalue weighted by atomic mass is 32.2. The van der Waals surface area contributed by atoms with E-state index in [1.165, 1.54) is 6.07 Å². The summed E-state index contributed by atoms with van der Waals surface area (Å²) >= 11 is 1.80. The molecule has 108 valence electrons. The largest absolute Gasteiger partial charge is 0.241 e. The Balaban J connectivity index is 2.17. The summed E-state index contributed by atoms with van der Waals surface area (Å²) in [6.45, 7) is 1.72. The third-order valence-corrected chi connectivity index (χ3v) is 6.41. The predicted molar refractivity (Wildman–Crippen MR) is 81.2 cm³/mol. The van der Waals surface area contributed by atoms with E-state index in [1.807, 2.05) is 6.07 Å². The molecule has 1 aromatic carbocycles. The first kappa shape index (κ1) is 15.4. The topological polar surface area (TPSA) is 70.0 Å². The van der Waals surface area contributed by atoms with Gasteiger partial charge in [-0.1, -0.05) is 0 Å². The van der Waals surface area contributed by atoms with Crippen molar-refractivity contribution < 1.29 is 8.42 Å². The van der Waals surface area contributed by atoms with Crippen molar-refractivity contribution in [1.29, 1.82) is 5.26 Å². The molecule has 6 heteroatoms. The summed E-state index contributed by atoms with van der Waals surface area (Å²) in [5, 5.41) is 9.37.